The van der Waals surface area contributed by atoms with Crippen molar-refractivity contribution in [2.24, 2.45) is 0 Å². The molecule has 0 heterocycles. The third-order valence-corrected chi connectivity index (χ3v) is 16.1. The van der Waals surface area contributed by atoms with Gasteiger partial charge in [0.15, 0.2) is 0 Å². The molecule has 0 radical (unpaired) electrons. The van der Waals surface area contributed by atoms with Gasteiger partial charge in [-0.1, -0.05) is 189 Å². The summed E-state index contributed by atoms with van der Waals surface area (Å²) in [6, 6.07) is 50.9. The first-order chi connectivity index (χ1) is 34.9. The standard InChI is InChI=1S/C69H66O4/c1-12-15-60(73-66(71)41(4)5)69(32-13-14-33-72-65(70)40(2)3)58-38-44(52-26-20-42-16-18-46-34-50(67(6,7)8)36-48-24-30-56(52)63(42)61(46)48)22-28-54(58)55-29-23-45(39-59(55)69)53-27-21-43-17-19-47-35-51(68(9,10)11)37-49-25-31-57(53)64(43)62(47)49/h16-31,34-39,60H,2,4,12-15,32-33H2,1,3,5-11H3. The van der Waals surface area contributed by atoms with Crippen LogP contribution in [0.5, 0.6) is 0 Å². The third-order valence-electron chi connectivity index (χ3n) is 16.1. The summed E-state index contributed by atoms with van der Waals surface area (Å²) in [5.41, 5.74) is 11.8. The van der Waals surface area contributed by atoms with Gasteiger partial charge < -0.3 is 9.47 Å². The highest BCUT2D eigenvalue weighted by molar-refractivity contribution is 6.27. The van der Waals surface area contributed by atoms with E-state index in [1.165, 1.54) is 75.8 Å². The fraction of sp³-hybridized carbons (Fsp3) is 0.275. The van der Waals surface area contributed by atoms with E-state index in [1.54, 1.807) is 13.8 Å². The van der Waals surface area contributed by atoms with Crippen LogP contribution >= 0.6 is 0 Å². The molecule has 1 unspecified atom stereocenters. The van der Waals surface area contributed by atoms with Crippen LogP contribution in [0.15, 0.2) is 158 Å². The van der Waals surface area contributed by atoms with E-state index in [0.29, 0.717) is 36.8 Å². The van der Waals surface area contributed by atoms with E-state index < -0.39 is 17.5 Å². The van der Waals surface area contributed by atoms with Crippen LogP contribution in [0.4, 0.5) is 0 Å². The number of esters is 2. The Kier molecular flexibility index (Phi) is 11.7. The van der Waals surface area contributed by atoms with Crippen molar-refractivity contribution in [3.63, 3.8) is 0 Å². The molecule has 11 rings (SSSR count). The van der Waals surface area contributed by atoms with Gasteiger partial charge in [-0.3, -0.25) is 0 Å². The maximum Gasteiger partial charge on any atom is 0.333 e. The number of hydrogen-bond acceptors (Lipinski definition) is 4. The largest absolute Gasteiger partial charge is 0.462 e. The van der Waals surface area contributed by atoms with Gasteiger partial charge in [-0.2, -0.15) is 0 Å². The molecule has 1 aliphatic rings. The summed E-state index contributed by atoms with van der Waals surface area (Å²) in [5, 5.41) is 15.0. The van der Waals surface area contributed by atoms with Crippen LogP contribution in [0, 0.1) is 0 Å². The predicted octanol–water partition coefficient (Wildman–Crippen LogP) is 18.3. The molecule has 366 valence electrons. The van der Waals surface area contributed by atoms with Crippen molar-refractivity contribution in [3.8, 4) is 33.4 Å². The highest BCUT2D eigenvalue weighted by Gasteiger charge is 2.50. The van der Waals surface area contributed by atoms with Crippen molar-refractivity contribution in [2.45, 2.75) is 117 Å². The van der Waals surface area contributed by atoms with E-state index in [4.69, 9.17) is 9.47 Å². The second-order valence-corrected chi connectivity index (χ2v) is 23.2. The van der Waals surface area contributed by atoms with Gasteiger partial charge >= 0.3 is 11.9 Å². The number of benzene rings is 10. The quantitative estimate of drug-likeness (QED) is 0.0500. The van der Waals surface area contributed by atoms with E-state index in [9.17, 15) is 9.59 Å². The fourth-order valence-corrected chi connectivity index (χ4v) is 12.3. The van der Waals surface area contributed by atoms with Gasteiger partial charge in [0.1, 0.15) is 6.10 Å². The second-order valence-electron chi connectivity index (χ2n) is 23.2. The number of fused-ring (bicyclic) bond motifs is 3. The zero-order valence-electron chi connectivity index (χ0n) is 44.1. The molecule has 0 bridgehead atoms. The summed E-state index contributed by atoms with van der Waals surface area (Å²) < 4.78 is 12.5. The minimum absolute atomic E-state index is 0.0208. The molecule has 0 saturated carbocycles. The summed E-state index contributed by atoms with van der Waals surface area (Å²) in [6.07, 6.45) is 2.92. The summed E-state index contributed by atoms with van der Waals surface area (Å²) >= 11 is 0. The molecule has 1 aliphatic carbocycles. The van der Waals surface area contributed by atoms with Crippen molar-refractivity contribution in [1.29, 1.82) is 0 Å². The van der Waals surface area contributed by atoms with E-state index in [0.717, 1.165) is 50.9 Å². The minimum atomic E-state index is -0.767. The van der Waals surface area contributed by atoms with Gasteiger partial charge in [0.25, 0.3) is 0 Å². The van der Waals surface area contributed by atoms with Crippen LogP contribution in [0.2, 0.25) is 0 Å². The molecule has 0 aliphatic heterocycles. The Hall–Kier alpha value is -7.30. The number of rotatable bonds is 13. The Bertz CT molecular complexity index is 3630. The van der Waals surface area contributed by atoms with Crippen LogP contribution in [-0.2, 0) is 35.3 Å². The monoisotopic (exact) mass is 958 g/mol. The Balaban J connectivity index is 1.13. The number of carbonyl (C=O) groups excluding carboxylic acids is 2. The lowest BCUT2D eigenvalue weighted by Gasteiger charge is -2.40. The highest BCUT2D eigenvalue weighted by atomic mass is 16.5. The number of hydrogen-bond donors (Lipinski definition) is 0. The molecule has 4 nitrogen and oxygen atoms in total. The van der Waals surface area contributed by atoms with Gasteiger partial charge in [0, 0.05) is 11.1 Å². The molecular weight excluding hydrogens is 893 g/mol. The van der Waals surface area contributed by atoms with Crippen molar-refractivity contribution >= 4 is 76.6 Å². The van der Waals surface area contributed by atoms with E-state index >= 15 is 0 Å². The minimum Gasteiger partial charge on any atom is -0.462 e. The molecule has 0 fully saturated rings. The zero-order chi connectivity index (χ0) is 51.3. The Morgan fingerprint density at radius 3 is 1.34 bits per heavy atom. The molecule has 10 aromatic rings. The lowest BCUT2D eigenvalue weighted by molar-refractivity contribution is -0.148. The lowest BCUT2D eigenvalue weighted by Crippen LogP contribution is -2.42. The molecule has 10 aromatic carbocycles. The molecule has 0 saturated heterocycles. The molecule has 0 spiro atoms. The van der Waals surface area contributed by atoms with Crippen LogP contribution in [0.25, 0.3) is 98.0 Å². The second kappa shape index (κ2) is 17.7. The molecular formula is C69H66O4. The summed E-state index contributed by atoms with van der Waals surface area (Å²) in [5.74, 6) is -0.774. The van der Waals surface area contributed by atoms with E-state index in [1.807, 2.05) is 0 Å². The predicted molar refractivity (Wildman–Crippen MR) is 308 cm³/mol. The Morgan fingerprint density at radius 1 is 0.507 bits per heavy atom. The van der Waals surface area contributed by atoms with Crippen LogP contribution in [-0.4, -0.2) is 24.6 Å². The summed E-state index contributed by atoms with van der Waals surface area (Å²) in [7, 11) is 0. The average molecular weight is 959 g/mol. The van der Waals surface area contributed by atoms with Gasteiger partial charge in [0.05, 0.1) is 12.0 Å². The van der Waals surface area contributed by atoms with Gasteiger partial charge in [0.2, 0.25) is 0 Å². The SMILES string of the molecule is C=C(C)C(=O)OCCCCC1(C(CCC)OC(=O)C(=C)C)c2cc(-c3ccc4ccc5cc(C(C)(C)C)cc6ccc3c4c56)ccc2-c2ccc(-c3ccc4ccc5cc(C(C)(C)C)cc6ccc3c4c56)cc21. The summed E-state index contributed by atoms with van der Waals surface area (Å²) in [6.45, 7) is 27.4. The van der Waals surface area contributed by atoms with Crippen molar-refractivity contribution < 1.29 is 19.1 Å². The van der Waals surface area contributed by atoms with Gasteiger partial charge in [-0.15, -0.1) is 0 Å². The molecule has 0 amide bonds. The fourth-order valence-electron chi connectivity index (χ4n) is 12.3. The van der Waals surface area contributed by atoms with Crippen LogP contribution in [0.3, 0.4) is 0 Å². The first kappa shape index (κ1) is 48.0. The van der Waals surface area contributed by atoms with E-state index in [-0.39, 0.29) is 23.4 Å². The van der Waals surface area contributed by atoms with Crippen LogP contribution < -0.4 is 0 Å². The molecule has 0 aromatic heterocycles. The maximum absolute atomic E-state index is 14.0. The molecule has 1 atom stereocenters. The third kappa shape index (κ3) is 7.97. The number of unbranched alkanes of at least 4 members (excludes halogenated alkanes) is 1. The summed E-state index contributed by atoms with van der Waals surface area (Å²) in [4.78, 5) is 26.6. The van der Waals surface area contributed by atoms with Crippen molar-refractivity contribution in [2.75, 3.05) is 6.61 Å². The normalized spacial score (nSPS) is 13.9. The first-order valence-corrected chi connectivity index (χ1v) is 26.3. The number of ether oxygens (including phenoxy) is 2. The maximum atomic E-state index is 14.0. The smallest absolute Gasteiger partial charge is 0.333 e. The van der Waals surface area contributed by atoms with E-state index in [2.05, 4.69) is 195 Å². The molecule has 4 heteroatoms. The molecule has 73 heavy (non-hydrogen) atoms. The van der Waals surface area contributed by atoms with Gasteiger partial charge in [-0.25, -0.2) is 9.59 Å². The first-order valence-electron chi connectivity index (χ1n) is 26.3. The lowest BCUT2D eigenvalue weighted by atomic mass is 9.68. The highest BCUT2D eigenvalue weighted by Crippen LogP contribution is 2.57. The topological polar surface area (TPSA) is 52.6 Å². The van der Waals surface area contributed by atoms with Gasteiger partial charge in [-0.05, 0) is 183 Å². The Labute approximate surface area is 430 Å². The number of carbonyl (C=O) groups is 2. The molecule has 0 N–H and O–H groups in total. The van der Waals surface area contributed by atoms with Crippen molar-refractivity contribution in [3.05, 3.63) is 180 Å². The van der Waals surface area contributed by atoms with Crippen LogP contribution in [0.1, 0.15) is 117 Å². The zero-order valence-corrected chi connectivity index (χ0v) is 44.1. The average Bonchev–Trinajstić information content (AvgIpc) is 3.64. The Morgan fingerprint density at radius 2 is 0.918 bits per heavy atom. The van der Waals surface area contributed by atoms with Crippen molar-refractivity contribution in [1.82, 2.24) is 0 Å².